The molecule has 80 valence electrons. The van der Waals surface area contributed by atoms with Crippen LogP contribution in [-0.4, -0.2) is 19.0 Å². The minimum absolute atomic E-state index is 0.149. The lowest BCUT2D eigenvalue weighted by Gasteiger charge is -2.07. The fourth-order valence-corrected chi connectivity index (χ4v) is 1.57. The summed E-state index contributed by atoms with van der Waals surface area (Å²) in [6, 6.07) is 4.96. The SMILES string of the molecule is Fc1c(Cl)cccc1CNC1=NCCN1. The number of hydrogen-bond acceptors (Lipinski definition) is 3. The van der Waals surface area contributed by atoms with Crippen molar-refractivity contribution in [3.05, 3.63) is 34.6 Å². The summed E-state index contributed by atoms with van der Waals surface area (Å²) < 4.78 is 13.4. The molecule has 2 rings (SSSR count). The maximum absolute atomic E-state index is 13.4. The number of benzene rings is 1. The van der Waals surface area contributed by atoms with Gasteiger partial charge in [-0.2, -0.15) is 0 Å². The average Bonchev–Trinajstić information content (AvgIpc) is 2.73. The summed E-state index contributed by atoms with van der Waals surface area (Å²) in [7, 11) is 0. The minimum atomic E-state index is -0.370. The molecule has 1 aromatic rings. The predicted molar refractivity (Wildman–Crippen MR) is 58.6 cm³/mol. The van der Waals surface area contributed by atoms with E-state index in [2.05, 4.69) is 15.6 Å². The van der Waals surface area contributed by atoms with Crippen LogP contribution >= 0.6 is 11.6 Å². The normalized spacial score (nSPS) is 14.7. The van der Waals surface area contributed by atoms with Crippen LogP contribution in [0.15, 0.2) is 23.2 Å². The van der Waals surface area contributed by atoms with Gasteiger partial charge in [0, 0.05) is 18.7 Å². The number of guanidine groups is 1. The van der Waals surface area contributed by atoms with Crippen LogP contribution < -0.4 is 10.6 Å². The van der Waals surface area contributed by atoms with Crippen LogP contribution in [0.2, 0.25) is 5.02 Å². The largest absolute Gasteiger partial charge is 0.355 e. The van der Waals surface area contributed by atoms with E-state index in [9.17, 15) is 4.39 Å². The van der Waals surface area contributed by atoms with Gasteiger partial charge in [-0.25, -0.2) is 4.39 Å². The molecule has 0 aliphatic carbocycles. The highest BCUT2D eigenvalue weighted by molar-refractivity contribution is 6.30. The molecule has 0 radical (unpaired) electrons. The molecule has 2 N–H and O–H groups in total. The second-order valence-corrected chi connectivity index (χ2v) is 3.63. The molecule has 5 heteroatoms. The smallest absolute Gasteiger partial charge is 0.191 e. The Morgan fingerprint density at radius 1 is 1.53 bits per heavy atom. The van der Waals surface area contributed by atoms with Crippen LogP contribution in [0.5, 0.6) is 0 Å². The standard InChI is InChI=1S/C10H11ClFN3/c11-8-3-1-2-7(9(8)12)6-15-10-13-4-5-14-10/h1-3H,4-6H2,(H2,13,14,15). The Kier molecular flexibility index (Phi) is 3.06. The molecule has 1 heterocycles. The third-order valence-electron chi connectivity index (χ3n) is 2.15. The van der Waals surface area contributed by atoms with Gasteiger partial charge in [0.25, 0.3) is 0 Å². The van der Waals surface area contributed by atoms with Crippen molar-refractivity contribution in [1.82, 2.24) is 10.6 Å². The van der Waals surface area contributed by atoms with Crippen molar-refractivity contribution in [2.24, 2.45) is 4.99 Å². The molecule has 1 aliphatic heterocycles. The Hall–Kier alpha value is -1.29. The summed E-state index contributed by atoms with van der Waals surface area (Å²) in [6.45, 7) is 1.99. The maximum atomic E-state index is 13.4. The molecule has 0 bridgehead atoms. The molecule has 0 atom stereocenters. The molecule has 0 aromatic heterocycles. The molecule has 15 heavy (non-hydrogen) atoms. The van der Waals surface area contributed by atoms with Gasteiger partial charge in [0.15, 0.2) is 5.96 Å². The molecule has 0 amide bonds. The molecule has 1 aliphatic rings. The number of halogens is 2. The minimum Gasteiger partial charge on any atom is -0.355 e. The lowest BCUT2D eigenvalue weighted by molar-refractivity contribution is 0.606. The number of hydrogen-bond donors (Lipinski definition) is 2. The number of rotatable bonds is 2. The van der Waals surface area contributed by atoms with E-state index in [0.717, 1.165) is 19.0 Å². The molecule has 0 unspecified atom stereocenters. The first-order chi connectivity index (χ1) is 7.27. The Balaban J connectivity index is 2.01. The molecule has 0 saturated carbocycles. The third kappa shape index (κ3) is 2.39. The number of nitrogens with zero attached hydrogens (tertiary/aromatic N) is 1. The van der Waals surface area contributed by atoms with Gasteiger partial charge in [0.2, 0.25) is 0 Å². The van der Waals surface area contributed by atoms with Crippen LogP contribution in [-0.2, 0) is 6.54 Å². The first-order valence-electron chi connectivity index (χ1n) is 4.72. The van der Waals surface area contributed by atoms with Crippen molar-refractivity contribution >= 4 is 17.6 Å². The van der Waals surface area contributed by atoms with Crippen molar-refractivity contribution in [2.45, 2.75) is 6.54 Å². The quantitative estimate of drug-likeness (QED) is 0.804. The van der Waals surface area contributed by atoms with Crippen LogP contribution in [0.4, 0.5) is 4.39 Å². The molecule has 0 saturated heterocycles. The van der Waals surface area contributed by atoms with Crippen molar-refractivity contribution in [3.63, 3.8) is 0 Å². The van der Waals surface area contributed by atoms with Crippen LogP contribution in [0.25, 0.3) is 0 Å². The van der Waals surface area contributed by atoms with Gasteiger partial charge in [-0.1, -0.05) is 23.7 Å². The van der Waals surface area contributed by atoms with E-state index in [0.29, 0.717) is 12.1 Å². The number of aliphatic imine (C=N–C) groups is 1. The van der Waals surface area contributed by atoms with E-state index in [-0.39, 0.29) is 10.8 Å². The molecular weight excluding hydrogens is 217 g/mol. The first kappa shape index (κ1) is 10.2. The second-order valence-electron chi connectivity index (χ2n) is 3.22. The Bertz CT molecular complexity index is 392. The summed E-state index contributed by atoms with van der Waals surface area (Å²) in [4.78, 5) is 4.14. The maximum Gasteiger partial charge on any atom is 0.191 e. The summed E-state index contributed by atoms with van der Waals surface area (Å²) in [6.07, 6.45) is 0. The van der Waals surface area contributed by atoms with Crippen LogP contribution in [0.3, 0.4) is 0 Å². The fraction of sp³-hybridized carbons (Fsp3) is 0.300. The van der Waals surface area contributed by atoms with Crippen LogP contribution in [0, 0.1) is 5.82 Å². The van der Waals surface area contributed by atoms with Crippen LogP contribution in [0.1, 0.15) is 5.56 Å². The molecule has 0 fully saturated rings. The lowest BCUT2D eigenvalue weighted by Crippen LogP contribution is -2.33. The van der Waals surface area contributed by atoms with E-state index >= 15 is 0 Å². The zero-order valence-corrected chi connectivity index (χ0v) is 8.81. The van der Waals surface area contributed by atoms with Gasteiger partial charge < -0.3 is 10.6 Å². The Morgan fingerprint density at radius 2 is 2.40 bits per heavy atom. The van der Waals surface area contributed by atoms with E-state index in [1.807, 2.05) is 0 Å². The van der Waals surface area contributed by atoms with E-state index in [1.54, 1.807) is 12.1 Å². The summed E-state index contributed by atoms with van der Waals surface area (Å²) in [5.74, 6) is 0.347. The Morgan fingerprint density at radius 3 is 3.13 bits per heavy atom. The molecule has 3 nitrogen and oxygen atoms in total. The summed E-state index contributed by atoms with van der Waals surface area (Å²) in [5.41, 5.74) is 0.541. The highest BCUT2D eigenvalue weighted by Gasteiger charge is 2.08. The van der Waals surface area contributed by atoms with Gasteiger partial charge in [-0.15, -0.1) is 0 Å². The van der Waals surface area contributed by atoms with Crippen molar-refractivity contribution in [2.75, 3.05) is 13.1 Å². The number of nitrogens with one attached hydrogen (secondary N) is 2. The van der Waals surface area contributed by atoms with Gasteiger partial charge in [-0.05, 0) is 6.07 Å². The van der Waals surface area contributed by atoms with Gasteiger partial charge in [-0.3, -0.25) is 4.99 Å². The highest BCUT2D eigenvalue weighted by atomic mass is 35.5. The molecular formula is C10H11ClFN3. The van der Waals surface area contributed by atoms with Gasteiger partial charge in [0.1, 0.15) is 5.82 Å². The predicted octanol–water partition coefficient (Wildman–Crippen LogP) is 1.53. The zero-order valence-electron chi connectivity index (χ0n) is 8.06. The average molecular weight is 228 g/mol. The topological polar surface area (TPSA) is 36.4 Å². The van der Waals surface area contributed by atoms with Crippen molar-refractivity contribution < 1.29 is 4.39 Å². The fourth-order valence-electron chi connectivity index (χ4n) is 1.38. The summed E-state index contributed by atoms with van der Waals surface area (Å²) in [5, 5.41) is 6.20. The second kappa shape index (κ2) is 4.49. The van der Waals surface area contributed by atoms with Gasteiger partial charge >= 0.3 is 0 Å². The van der Waals surface area contributed by atoms with E-state index in [4.69, 9.17) is 11.6 Å². The molecule has 0 spiro atoms. The van der Waals surface area contributed by atoms with E-state index < -0.39 is 0 Å². The Labute approximate surface area is 92.3 Å². The third-order valence-corrected chi connectivity index (χ3v) is 2.44. The lowest BCUT2D eigenvalue weighted by atomic mass is 10.2. The zero-order chi connectivity index (χ0) is 10.7. The van der Waals surface area contributed by atoms with Crippen molar-refractivity contribution in [1.29, 1.82) is 0 Å². The monoisotopic (exact) mass is 227 g/mol. The van der Waals surface area contributed by atoms with E-state index in [1.165, 1.54) is 6.07 Å². The first-order valence-corrected chi connectivity index (χ1v) is 5.10. The summed E-state index contributed by atoms with van der Waals surface area (Å²) >= 11 is 5.66. The molecule has 1 aromatic carbocycles. The van der Waals surface area contributed by atoms with Crippen molar-refractivity contribution in [3.8, 4) is 0 Å². The van der Waals surface area contributed by atoms with Gasteiger partial charge in [0.05, 0.1) is 11.6 Å². The highest BCUT2D eigenvalue weighted by Crippen LogP contribution is 2.17.